The number of carbonyl (C=O) groups excluding carboxylic acids is 1. The summed E-state index contributed by atoms with van der Waals surface area (Å²) in [5, 5.41) is 2.73. The maximum Gasteiger partial charge on any atom is 0.226 e. The highest BCUT2D eigenvalue weighted by Gasteiger charge is 2.14. The van der Waals surface area contributed by atoms with Crippen molar-refractivity contribution in [2.24, 2.45) is 0 Å². The van der Waals surface area contributed by atoms with E-state index >= 15 is 0 Å². The van der Waals surface area contributed by atoms with Gasteiger partial charge >= 0.3 is 0 Å². The summed E-state index contributed by atoms with van der Waals surface area (Å²) in [6, 6.07) is 8.11. The molecule has 21 heavy (non-hydrogen) atoms. The number of benzene rings is 1. The predicted molar refractivity (Wildman–Crippen MR) is 83.0 cm³/mol. The van der Waals surface area contributed by atoms with E-state index < -0.39 is 0 Å². The van der Waals surface area contributed by atoms with Gasteiger partial charge in [-0.25, -0.2) is 4.98 Å². The van der Waals surface area contributed by atoms with E-state index in [9.17, 15) is 4.79 Å². The van der Waals surface area contributed by atoms with E-state index in [1.165, 1.54) is 5.56 Å². The van der Waals surface area contributed by atoms with Crippen LogP contribution in [0.15, 0.2) is 41.3 Å². The smallest absolute Gasteiger partial charge is 0.226 e. The predicted octanol–water partition coefficient (Wildman–Crippen LogP) is 3.06. The van der Waals surface area contributed by atoms with Crippen molar-refractivity contribution in [1.82, 2.24) is 10.3 Å². The second kappa shape index (κ2) is 6.88. The van der Waals surface area contributed by atoms with Crippen LogP contribution in [0, 0.1) is 6.92 Å². The van der Waals surface area contributed by atoms with Crippen LogP contribution in [0.1, 0.15) is 23.9 Å². The Morgan fingerprint density at radius 3 is 2.71 bits per heavy atom. The summed E-state index contributed by atoms with van der Waals surface area (Å²) >= 11 is 0. The van der Waals surface area contributed by atoms with Crippen LogP contribution in [0.4, 0.5) is 0 Å². The lowest BCUT2D eigenvalue weighted by Crippen LogP contribution is -2.25. The Balaban J connectivity index is 2.14. The quantitative estimate of drug-likeness (QED) is 0.829. The molecule has 1 aromatic carbocycles. The van der Waals surface area contributed by atoms with Crippen LogP contribution in [0.5, 0.6) is 0 Å². The highest BCUT2D eigenvalue weighted by Crippen LogP contribution is 2.22. The molecule has 0 fully saturated rings. The Morgan fingerprint density at radius 2 is 2.10 bits per heavy atom. The number of carbonyl (C=O) groups is 1. The number of aryl methyl sites for hydroxylation is 2. The number of oxazole rings is 1. The first kappa shape index (κ1) is 15.0. The fourth-order valence-corrected chi connectivity index (χ4v) is 2.00. The van der Waals surface area contributed by atoms with E-state index in [1.54, 1.807) is 6.08 Å². The van der Waals surface area contributed by atoms with Gasteiger partial charge in [0.25, 0.3) is 0 Å². The molecule has 4 nitrogen and oxygen atoms in total. The van der Waals surface area contributed by atoms with Crippen LogP contribution < -0.4 is 5.32 Å². The van der Waals surface area contributed by atoms with Gasteiger partial charge in [-0.1, -0.05) is 25.1 Å². The van der Waals surface area contributed by atoms with Gasteiger partial charge in [0.2, 0.25) is 11.8 Å². The average molecular weight is 284 g/mol. The second-order valence-corrected chi connectivity index (χ2v) is 4.84. The molecule has 0 atom stereocenters. The molecule has 0 aliphatic carbocycles. The fraction of sp³-hybridized carbons (Fsp3) is 0.294. The topological polar surface area (TPSA) is 55.1 Å². The van der Waals surface area contributed by atoms with Gasteiger partial charge < -0.3 is 9.73 Å². The average Bonchev–Trinajstić information content (AvgIpc) is 2.86. The number of rotatable bonds is 6. The van der Waals surface area contributed by atoms with Crippen LogP contribution >= 0.6 is 0 Å². The first-order valence-electron chi connectivity index (χ1n) is 7.07. The van der Waals surface area contributed by atoms with Crippen molar-refractivity contribution in [3.63, 3.8) is 0 Å². The first-order valence-corrected chi connectivity index (χ1v) is 7.07. The monoisotopic (exact) mass is 284 g/mol. The van der Waals surface area contributed by atoms with E-state index in [1.807, 2.05) is 19.1 Å². The summed E-state index contributed by atoms with van der Waals surface area (Å²) in [6.07, 6.45) is 2.87. The van der Waals surface area contributed by atoms with E-state index in [-0.39, 0.29) is 12.3 Å². The molecule has 0 radical (unpaired) electrons. The molecule has 0 aliphatic rings. The highest BCUT2D eigenvalue weighted by molar-refractivity contribution is 5.78. The van der Waals surface area contributed by atoms with Crippen molar-refractivity contribution in [1.29, 1.82) is 0 Å². The van der Waals surface area contributed by atoms with E-state index in [0.717, 1.165) is 12.0 Å². The third-order valence-electron chi connectivity index (χ3n) is 3.27. The number of nitrogens with zero attached hydrogens (tertiary/aromatic N) is 1. The number of nitrogens with one attached hydrogen (secondary N) is 1. The van der Waals surface area contributed by atoms with Crippen LogP contribution in [-0.4, -0.2) is 17.4 Å². The third-order valence-corrected chi connectivity index (χ3v) is 3.27. The fourth-order valence-electron chi connectivity index (χ4n) is 2.00. The maximum atomic E-state index is 11.7. The van der Waals surface area contributed by atoms with Gasteiger partial charge in [-0.3, -0.25) is 4.79 Å². The van der Waals surface area contributed by atoms with Crippen molar-refractivity contribution in [3.8, 4) is 11.5 Å². The highest BCUT2D eigenvalue weighted by atomic mass is 16.4. The SMILES string of the molecule is C=CCNC(=O)Cc1nc(-c2ccc(CC)cc2)oc1C. The minimum Gasteiger partial charge on any atom is -0.441 e. The Hall–Kier alpha value is -2.36. The van der Waals surface area contributed by atoms with Gasteiger partial charge in [-0.2, -0.15) is 0 Å². The molecule has 2 aromatic rings. The second-order valence-electron chi connectivity index (χ2n) is 4.84. The number of amides is 1. The third kappa shape index (κ3) is 3.81. The Morgan fingerprint density at radius 1 is 1.38 bits per heavy atom. The molecule has 1 aromatic heterocycles. The largest absolute Gasteiger partial charge is 0.441 e. The molecular weight excluding hydrogens is 264 g/mol. The van der Waals surface area contributed by atoms with Crippen molar-refractivity contribution >= 4 is 5.91 Å². The van der Waals surface area contributed by atoms with Crippen molar-refractivity contribution in [3.05, 3.63) is 53.9 Å². The van der Waals surface area contributed by atoms with Gasteiger partial charge in [-0.15, -0.1) is 6.58 Å². The van der Waals surface area contributed by atoms with E-state index in [2.05, 4.69) is 35.9 Å². The van der Waals surface area contributed by atoms with Crippen LogP contribution in [-0.2, 0) is 17.6 Å². The Labute approximate surface area is 124 Å². The molecule has 1 N–H and O–H groups in total. The van der Waals surface area contributed by atoms with Gasteiger partial charge in [0, 0.05) is 12.1 Å². The molecule has 1 heterocycles. The Kier molecular flexibility index (Phi) is 4.93. The summed E-state index contributed by atoms with van der Waals surface area (Å²) in [6.45, 7) is 7.97. The zero-order valence-corrected chi connectivity index (χ0v) is 12.5. The van der Waals surface area contributed by atoms with Gasteiger partial charge in [-0.05, 0) is 31.0 Å². The lowest BCUT2D eigenvalue weighted by Gasteiger charge is -1.99. The van der Waals surface area contributed by atoms with Crippen molar-refractivity contribution in [2.45, 2.75) is 26.7 Å². The van der Waals surface area contributed by atoms with E-state index in [0.29, 0.717) is 23.9 Å². The molecule has 0 aliphatic heterocycles. The first-order chi connectivity index (χ1) is 10.1. The summed E-state index contributed by atoms with van der Waals surface area (Å²) in [5.41, 5.74) is 2.87. The lowest BCUT2D eigenvalue weighted by atomic mass is 10.1. The molecule has 0 saturated carbocycles. The molecule has 0 saturated heterocycles. The summed E-state index contributed by atoms with van der Waals surface area (Å²) < 4.78 is 5.67. The summed E-state index contributed by atoms with van der Waals surface area (Å²) in [7, 11) is 0. The number of hydrogen-bond donors (Lipinski definition) is 1. The minimum atomic E-state index is -0.0841. The number of aromatic nitrogens is 1. The zero-order valence-electron chi connectivity index (χ0n) is 12.5. The van der Waals surface area contributed by atoms with Crippen LogP contribution in [0.3, 0.4) is 0 Å². The molecule has 0 spiro atoms. The van der Waals surface area contributed by atoms with Crippen LogP contribution in [0.2, 0.25) is 0 Å². The number of hydrogen-bond acceptors (Lipinski definition) is 3. The normalized spacial score (nSPS) is 10.4. The molecular formula is C17H20N2O2. The summed E-state index contributed by atoms with van der Waals surface area (Å²) in [4.78, 5) is 16.1. The molecule has 0 bridgehead atoms. The zero-order chi connectivity index (χ0) is 15.2. The standard InChI is InChI=1S/C17H20N2O2/c1-4-10-18-16(20)11-15-12(3)21-17(19-15)14-8-6-13(5-2)7-9-14/h4,6-9H,1,5,10-11H2,2-3H3,(H,18,20). The van der Waals surface area contributed by atoms with Crippen molar-refractivity contribution in [2.75, 3.05) is 6.54 Å². The molecule has 2 rings (SSSR count). The summed E-state index contributed by atoms with van der Waals surface area (Å²) in [5.74, 6) is 1.15. The van der Waals surface area contributed by atoms with Gasteiger partial charge in [0.15, 0.2) is 0 Å². The van der Waals surface area contributed by atoms with E-state index in [4.69, 9.17) is 4.42 Å². The van der Waals surface area contributed by atoms with Crippen molar-refractivity contribution < 1.29 is 9.21 Å². The molecule has 110 valence electrons. The molecule has 4 heteroatoms. The van der Waals surface area contributed by atoms with Gasteiger partial charge in [0.05, 0.1) is 12.1 Å². The van der Waals surface area contributed by atoms with Gasteiger partial charge in [0.1, 0.15) is 5.76 Å². The minimum absolute atomic E-state index is 0.0841. The Bertz CT molecular complexity index is 627. The van der Waals surface area contributed by atoms with Crippen LogP contribution in [0.25, 0.3) is 11.5 Å². The molecule has 0 unspecified atom stereocenters. The maximum absolute atomic E-state index is 11.7. The molecule has 1 amide bonds. The lowest BCUT2D eigenvalue weighted by molar-refractivity contribution is -0.120.